The molecule has 0 radical (unpaired) electrons. The fourth-order valence-corrected chi connectivity index (χ4v) is 3.60. The first-order chi connectivity index (χ1) is 15.9. The van der Waals surface area contributed by atoms with E-state index in [9.17, 15) is 55.9 Å². The highest BCUT2D eigenvalue weighted by molar-refractivity contribution is 5.84. The van der Waals surface area contributed by atoms with E-state index >= 15 is 0 Å². The Labute approximate surface area is 192 Å². The summed E-state index contributed by atoms with van der Waals surface area (Å²) in [7, 11) is 0. The molecule has 0 aromatic rings. The molecule has 2 rings (SSSR count). The first-order valence-corrected chi connectivity index (χ1v) is 10.3. The Bertz CT molecular complexity index is 666. The van der Waals surface area contributed by atoms with Gasteiger partial charge >= 0.3 is 0 Å². The number of hydrogen-bond acceptors (Lipinski definition) is 16. The van der Waals surface area contributed by atoms with E-state index in [0.717, 1.165) is 0 Å². The van der Waals surface area contributed by atoms with Crippen LogP contribution < -0.4 is 0 Å². The van der Waals surface area contributed by atoms with E-state index in [2.05, 4.69) is 0 Å². The molecule has 2 aliphatic rings. The molecular formula is C18H32O16. The van der Waals surface area contributed by atoms with E-state index in [4.69, 9.17) is 24.1 Å². The quantitative estimate of drug-likeness (QED) is 0.111. The van der Waals surface area contributed by atoms with Crippen molar-refractivity contribution in [1.29, 1.82) is 0 Å². The molecule has 34 heavy (non-hydrogen) atoms. The molecule has 0 amide bonds. The molecular weight excluding hydrogens is 472 g/mol. The molecule has 0 aromatic carbocycles. The third-order valence-electron chi connectivity index (χ3n) is 5.80. The molecule has 11 unspecified atom stereocenters. The molecule has 0 bridgehead atoms. The summed E-state index contributed by atoms with van der Waals surface area (Å²) in [4.78, 5) is 12.2. The molecule has 11 N–H and O–H groups in total. The highest BCUT2D eigenvalue weighted by atomic mass is 16.8. The van der Waals surface area contributed by atoms with Crippen molar-refractivity contribution in [2.24, 2.45) is 0 Å². The van der Waals surface area contributed by atoms with Gasteiger partial charge in [0.05, 0.1) is 19.8 Å². The molecule has 2 heterocycles. The number of ether oxygens (including phenoxy) is 4. The highest BCUT2D eigenvalue weighted by Gasteiger charge is 2.60. The predicted octanol–water partition coefficient (Wildman–Crippen LogP) is -7.73. The number of rotatable bonds is 13. The fraction of sp³-hybridized carbons (Fsp3) is 0.944. The molecule has 0 saturated carbocycles. The summed E-state index contributed by atoms with van der Waals surface area (Å²) in [5, 5.41) is 107. The monoisotopic (exact) mass is 504 g/mol. The maximum Gasteiger partial charge on any atom is 0.222 e. The fourth-order valence-electron chi connectivity index (χ4n) is 3.60. The molecule has 0 aliphatic carbocycles. The summed E-state index contributed by atoms with van der Waals surface area (Å²) in [6, 6.07) is 0. The van der Waals surface area contributed by atoms with E-state index < -0.39 is 112 Å². The van der Waals surface area contributed by atoms with Crippen LogP contribution in [0.2, 0.25) is 0 Å². The summed E-state index contributed by atoms with van der Waals surface area (Å²) >= 11 is 0. The Hall–Kier alpha value is -0.930. The molecule has 11 atom stereocenters. The molecule has 2 fully saturated rings. The number of carbonyl (C=O) groups excluding carboxylic acids is 1. The normalized spacial score (nSPS) is 40.9. The first-order valence-electron chi connectivity index (χ1n) is 10.3. The minimum Gasteiger partial charge on any atom is -0.394 e. The van der Waals surface area contributed by atoms with E-state index in [-0.39, 0.29) is 0 Å². The van der Waals surface area contributed by atoms with Gasteiger partial charge in [-0.25, -0.2) is 0 Å². The summed E-state index contributed by atoms with van der Waals surface area (Å²) in [6.45, 7) is -5.72. The van der Waals surface area contributed by atoms with Crippen LogP contribution in [0.1, 0.15) is 0 Å². The van der Waals surface area contributed by atoms with Crippen LogP contribution in [0.4, 0.5) is 0 Å². The second kappa shape index (κ2) is 11.9. The maximum atomic E-state index is 12.2. The van der Waals surface area contributed by atoms with Gasteiger partial charge in [-0.05, 0) is 0 Å². The van der Waals surface area contributed by atoms with Crippen LogP contribution in [0.5, 0.6) is 0 Å². The smallest absolute Gasteiger partial charge is 0.222 e. The Balaban J connectivity index is 2.21. The number of ketones is 1. The molecule has 2 aliphatic heterocycles. The van der Waals surface area contributed by atoms with Gasteiger partial charge in [0.25, 0.3) is 0 Å². The lowest BCUT2D eigenvalue weighted by atomic mass is 10.0. The largest absolute Gasteiger partial charge is 0.394 e. The number of carbonyl (C=O) groups is 1. The summed E-state index contributed by atoms with van der Waals surface area (Å²) in [5.74, 6) is -6.06. The Morgan fingerprint density at radius 1 is 0.824 bits per heavy atom. The van der Waals surface area contributed by atoms with E-state index in [1.807, 2.05) is 0 Å². The van der Waals surface area contributed by atoms with Gasteiger partial charge in [0, 0.05) is 0 Å². The number of aliphatic hydroxyl groups is 11. The van der Waals surface area contributed by atoms with Gasteiger partial charge in [-0.15, -0.1) is 0 Å². The van der Waals surface area contributed by atoms with Crippen LogP contribution >= 0.6 is 0 Å². The van der Waals surface area contributed by atoms with Crippen molar-refractivity contribution in [2.45, 2.75) is 66.5 Å². The van der Waals surface area contributed by atoms with Gasteiger partial charge in [-0.2, -0.15) is 0 Å². The highest BCUT2D eigenvalue weighted by Crippen LogP contribution is 2.37. The van der Waals surface area contributed by atoms with Gasteiger partial charge in [0.15, 0.2) is 5.78 Å². The Kier molecular flexibility index (Phi) is 10.2. The van der Waals surface area contributed by atoms with Crippen LogP contribution in [-0.4, -0.2) is 168 Å². The zero-order chi connectivity index (χ0) is 25.8. The lowest BCUT2D eigenvalue weighted by Crippen LogP contribution is -2.56. The molecule has 0 spiro atoms. The minimum absolute atomic E-state index is 0.760. The van der Waals surface area contributed by atoms with E-state index in [1.165, 1.54) is 0 Å². The van der Waals surface area contributed by atoms with Crippen molar-refractivity contribution in [2.75, 3.05) is 39.6 Å². The number of Topliss-reactive ketones (excluding diaryl/α,β-unsaturated/α-hetero) is 1. The topological polar surface area (TPSA) is 277 Å². The minimum atomic E-state index is -2.46. The molecule has 0 aromatic heterocycles. The standard InChI is InChI=1S/C18H32O16/c19-1-7(23)11(25)12(26)8(24)4-31-18(16(30)14(28)10(3-21)34-18)6-32-17(5-22)15(29)13(27)9(2-20)33-17/h7,9-16,19-23,25-30H,1-6H2. The van der Waals surface area contributed by atoms with Gasteiger partial charge in [0.1, 0.15) is 74.8 Å². The third kappa shape index (κ3) is 5.56. The van der Waals surface area contributed by atoms with Crippen LogP contribution in [0.25, 0.3) is 0 Å². The van der Waals surface area contributed by atoms with Crippen molar-refractivity contribution in [3.63, 3.8) is 0 Å². The number of hydrogen-bond donors (Lipinski definition) is 11. The van der Waals surface area contributed by atoms with Crippen molar-refractivity contribution >= 4 is 5.78 Å². The average Bonchev–Trinajstić information content (AvgIpc) is 3.25. The number of aliphatic hydroxyl groups excluding tert-OH is 11. The van der Waals surface area contributed by atoms with Gasteiger partial charge in [0.2, 0.25) is 11.6 Å². The van der Waals surface area contributed by atoms with Crippen LogP contribution in [0, 0.1) is 0 Å². The lowest BCUT2D eigenvalue weighted by molar-refractivity contribution is -0.338. The van der Waals surface area contributed by atoms with E-state index in [1.54, 1.807) is 0 Å². The van der Waals surface area contributed by atoms with Gasteiger partial charge in [-0.1, -0.05) is 0 Å². The second-order valence-electron chi connectivity index (χ2n) is 8.06. The first kappa shape index (κ1) is 29.3. The van der Waals surface area contributed by atoms with Crippen molar-refractivity contribution in [3.8, 4) is 0 Å². The Morgan fingerprint density at radius 3 is 1.76 bits per heavy atom. The average molecular weight is 504 g/mol. The summed E-state index contributed by atoms with van der Waals surface area (Å²) in [6.07, 6.45) is -16.4. The predicted molar refractivity (Wildman–Crippen MR) is 103 cm³/mol. The third-order valence-corrected chi connectivity index (χ3v) is 5.80. The zero-order valence-electron chi connectivity index (χ0n) is 17.9. The van der Waals surface area contributed by atoms with Crippen LogP contribution in [0.15, 0.2) is 0 Å². The second-order valence-corrected chi connectivity index (χ2v) is 8.06. The van der Waals surface area contributed by atoms with Crippen LogP contribution in [0.3, 0.4) is 0 Å². The van der Waals surface area contributed by atoms with Crippen molar-refractivity contribution in [3.05, 3.63) is 0 Å². The summed E-state index contributed by atoms with van der Waals surface area (Å²) in [5.41, 5.74) is 0. The van der Waals surface area contributed by atoms with E-state index in [0.29, 0.717) is 0 Å². The van der Waals surface area contributed by atoms with Crippen LogP contribution in [-0.2, 0) is 23.7 Å². The molecule has 16 nitrogen and oxygen atoms in total. The Morgan fingerprint density at radius 2 is 1.32 bits per heavy atom. The van der Waals surface area contributed by atoms with Crippen molar-refractivity contribution in [1.82, 2.24) is 0 Å². The zero-order valence-corrected chi connectivity index (χ0v) is 17.9. The summed E-state index contributed by atoms with van der Waals surface area (Å²) < 4.78 is 21.2. The molecule has 16 heteroatoms. The maximum absolute atomic E-state index is 12.2. The van der Waals surface area contributed by atoms with Gasteiger partial charge < -0.3 is 75.1 Å². The van der Waals surface area contributed by atoms with Gasteiger partial charge in [-0.3, -0.25) is 4.79 Å². The van der Waals surface area contributed by atoms with Crippen molar-refractivity contribution < 1.29 is 79.9 Å². The lowest BCUT2D eigenvalue weighted by Gasteiger charge is -2.37. The molecule has 2 saturated heterocycles. The SMILES string of the molecule is O=C(COC1(COC2(CO)OC(CO)C(O)C2O)OC(CO)C(O)C1O)C(O)C(O)C(O)CO. The molecule has 200 valence electrons.